The fraction of sp³-hybridized carbons (Fsp3) is 0.0556. The van der Waals surface area contributed by atoms with E-state index in [0.29, 0.717) is 28.1 Å². The Morgan fingerprint density at radius 2 is 1.64 bits per heavy atom. The molecule has 0 fully saturated rings. The molecule has 25 heavy (non-hydrogen) atoms. The molecule has 0 bridgehead atoms. The number of hydrogen-bond acceptors (Lipinski definition) is 4. The van der Waals surface area contributed by atoms with Crippen LogP contribution in [0.5, 0.6) is 0 Å². The molecule has 0 unspecified atom stereocenters. The Labute approximate surface area is 155 Å². The van der Waals surface area contributed by atoms with Gasteiger partial charge in [-0.05, 0) is 35.9 Å². The Bertz CT molecular complexity index is 850. The van der Waals surface area contributed by atoms with Gasteiger partial charge in [0.25, 0.3) is 5.91 Å². The van der Waals surface area contributed by atoms with Crippen LogP contribution in [0.2, 0.25) is 10.0 Å². The van der Waals surface area contributed by atoms with Crippen molar-refractivity contribution in [1.29, 1.82) is 0 Å². The molecular formula is C18H14Cl2N4O. The second-order valence-electron chi connectivity index (χ2n) is 5.26. The van der Waals surface area contributed by atoms with Crippen molar-refractivity contribution >= 4 is 40.6 Å². The molecule has 3 rings (SSSR count). The van der Waals surface area contributed by atoms with Crippen molar-refractivity contribution in [2.24, 2.45) is 0 Å². The van der Waals surface area contributed by atoms with Crippen molar-refractivity contribution < 1.29 is 4.79 Å². The number of benzene rings is 2. The maximum Gasteiger partial charge on any atom is 0.272 e. The third-order valence-corrected chi connectivity index (χ3v) is 3.76. The summed E-state index contributed by atoms with van der Waals surface area (Å²) in [6, 6.07) is 18.0. The lowest BCUT2D eigenvalue weighted by Gasteiger charge is -2.07. The van der Waals surface area contributed by atoms with E-state index in [0.717, 1.165) is 5.56 Å². The number of aromatic nitrogens is 2. The number of nitrogens with zero attached hydrogens (tertiary/aromatic N) is 2. The molecule has 0 saturated heterocycles. The van der Waals surface area contributed by atoms with Crippen LogP contribution in [0.1, 0.15) is 16.1 Å². The summed E-state index contributed by atoms with van der Waals surface area (Å²) in [5.41, 5.74) is 1.94. The molecular weight excluding hydrogens is 359 g/mol. The number of carbonyl (C=O) groups is 1. The SMILES string of the molecule is O=C(NCc1ccccc1)c1ccc(Nc2cc(Cl)cc(Cl)c2)nn1. The van der Waals surface area contributed by atoms with Gasteiger partial charge in [0.05, 0.1) is 0 Å². The van der Waals surface area contributed by atoms with E-state index < -0.39 is 0 Å². The average Bonchev–Trinajstić information content (AvgIpc) is 2.60. The van der Waals surface area contributed by atoms with Crippen molar-refractivity contribution in [3.05, 3.63) is 82.0 Å². The lowest BCUT2D eigenvalue weighted by Crippen LogP contribution is -2.24. The Balaban J connectivity index is 1.62. The summed E-state index contributed by atoms with van der Waals surface area (Å²) in [5.74, 6) is 0.201. The van der Waals surface area contributed by atoms with Gasteiger partial charge in [0.1, 0.15) is 0 Å². The molecule has 0 spiro atoms. The van der Waals surface area contributed by atoms with E-state index in [1.165, 1.54) is 0 Å². The number of carbonyl (C=O) groups excluding carboxylic acids is 1. The largest absolute Gasteiger partial charge is 0.347 e. The van der Waals surface area contributed by atoms with Gasteiger partial charge in [-0.2, -0.15) is 0 Å². The van der Waals surface area contributed by atoms with Crippen LogP contribution < -0.4 is 10.6 Å². The Hall–Kier alpha value is -2.63. The van der Waals surface area contributed by atoms with Gasteiger partial charge in [-0.25, -0.2) is 0 Å². The van der Waals surface area contributed by atoms with Crippen molar-refractivity contribution in [3.8, 4) is 0 Å². The van der Waals surface area contributed by atoms with Crippen LogP contribution in [-0.2, 0) is 6.54 Å². The van der Waals surface area contributed by atoms with Crippen molar-refractivity contribution in [3.63, 3.8) is 0 Å². The minimum atomic E-state index is -0.284. The second kappa shape index (κ2) is 7.96. The summed E-state index contributed by atoms with van der Waals surface area (Å²) in [4.78, 5) is 12.1. The highest BCUT2D eigenvalue weighted by molar-refractivity contribution is 6.35. The molecule has 2 N–H and O–H groups in total. The summed E-state index contributed by atoms with van der Waals surface area (Å²) in [7, 11) is 0. The molecule has 0 atom stereocenters. The van der Waals surface area contributed by atoms with Gasteiger partial charge in [-0.3, -0.25) is 4.79 Å². The van der Waals surface area contributed by atoms with Crippen molar-refractivity contribution in [2.75, 3.05) is 5.32 Å². The number of amides is 1. The molecule has 5 nitrogen and oxygen atoms in total. The number of anilines is 2. The summed E-state index contributed by atoms with van der Waals surface area (Å²) < 4.78 is 0. The third-order valence-electron chi connectivity index (χ3n) is 3.33. The molecule has 7 heteroatoms. The first-order chi connectivity index (χ1) is 12.1. The predicted molar refractivity (Wildman–Crippen MR) is 99.4 cm³/mol. The predicted octanol–water partition coefficient (Wildman–Crippen LogP) is 4.46. The highest BCUT2D eigenvalue weighted by Gasteiger charge is 2.08. The van der Waals surface area contributed by atoms with E-state index in [9.17, 15) is 4.79 Å². The van der Waals surface area contributed by atoms with Crippen LogP contribution in [-0.4, -0.2) is 16.1 Å². The highest BCUT2D eigenvalue weighted by atomic mass is 35.5. The first kappa shape index (κ1) is 17.2. The molecule has 1 aromatic heterocycles. The first-order valence-corrected chi connectivity index (χ1v) is 8.25. The minimum Gasteiger partial charge on any atom is -0.347 e. The van der Waals surface area contributed by atoms with Gasteiger partial charge in [0.15, 0.2) is 11.5 Å². The summed E-state index contributed by atoms with van der Waals surface area (Å²) >= 11 is 11.9. The molecule has 0 aliphatic rings. The zero-order valence-corrected chi connectivity index (χ0v) is 14.6. The van der Waals surface area contributed by atoms with Crippen LogP contribution in [0.3, 0.4) is 0 Å². The van der Waals surface area contributed by atoms with Crippen LogP contribution >= 0.6 is 23.2 Å². The lowest BCUT2D eigenvalue weighted by molar-refractivity contribution is 0.0945. The minimum absolute atomic E-state index is 0.241. The van der Waals surface area contributed by atoms with Crippen LogP contribution in [0.15, 0.2) is 60.7 Å². The molecule has 126 valence electrons. The Morgan fingerprint density at radius 3 is 2.28 bits per heavy atom. The van der Waals surface area contributed by atoms with E-state index in [2.05, 4.69) is 20.8 Å². The van der Waals surface area contributed by atoms with Crippen LogP contribution in [0, 0.1) is 0 Å². The van der Waals surface area contributed by atoms with Gasteiger partial charge in [0.2, 0.25) is 0 Å². The zero-order valence-electron chi connectivity index (χ0n) is 13.0. The van der Waals surface area contributed by atoms with Crippen LogP contribution in [0.4, 0.5) is 11.5 Å². The van der Waals surface area contributed by atoms with Gasteiger partial charge in [-0.1, -0.05) is 53.5 Å². The van der Waals surface area contributed by atoms with Gasteiger partial charge < -0.3 is 10.6 Å². The second-order valence-corrected chi connectivity index (χ2v) is 6.13. The molecule has 1 amide bonds. The van der Waals surface area contributed by atoms with Gasteiger partial charge >= 0.3 is 0 Å². The molecule has 1 heterocycles. The summed E-state index contributed by atoms with van der Waals surface area (Å²) in [6.07, 6.45) is 0. The van der Waals surface area contributed by atoms with Gasteiger partial charge in [0, 0.05) is 22.3 Å². The van der Waals surface area contributed by atoms with E-state index in [-0.39, 0.29) is 11.6 Å². The molecule has 2 aromatic carbocycles. The molecule has 0 radical (unpaired) electrons. The van der Waals surface area contributed by atoms with Crippen LogP contribution in [0.25, 0.3) is 0 Å². The van der Waals surface area contributed by atoms with Gasteiger partial charge in [-0.15, -0.1) is 10.2 Å². The molecule has 3 aromatic rings. The quantitative estimate of drug-likeness (QED) is 0.693. The van der Waals surface area contributed by atoms with Crippen molar-refractivity contribution in [1.82, 2.24) is 15.5 Å². The number of rotatable bonds is 5. The first-order valence-electron chi connectivity index (χ1n) is 7.49. The standard InChI is InChI=1S/C18H14Cl2N4O/c19-13-8-14(20)10-15(9-13)22-17-7-6-16(23-24-17)18(25)21-11-12-4-2-1-3-5-12/h1-10H,11H2,(H,21,25)(H,22,24). The smallest absolute Gasteiger partial charge is 0.272 e. The molecule has 0 aliphatic heterocycles. The Morgan fingerprint density at radius 1 is 0.920 bits per heavy atom. The monoisotopic (exact) mass is 372 g/mol. The zero-order chi connectivity index (χ0) is 17.6. The Kier molecular flexibility index (Phi) is 5.48. The van der Waals surface area contributed by atoms with E-state index in [1.54, 1.807) is 30.3 Å². The molecule has 0 aliphatic carbocycles. The normalized spacial score (nSPS) is 10.3. The fourth-order valence-electron chi connectivity index (χ4n) is 2.16. The maximum atomic E-state index is 12.1. The van der Waals surface area contributed by atoms with E-state index in [4.69, 9.17) is 23.2 Å². The summed E-state index contributed by atoms with van der Waals surface area (Å²) in [6.45, 7) is 0.433. The highest BCUT2D eigenvalue weighted by Crippen LogP contribution is 2.24. The number of hydrogen-bond donors (Lipinski definition) is 2. The number of halogens is 2. The average molecular weight is 373 g/mol. The summed E-state index contributed by atoms with van der Waals surface area (Å²) in [5, 5.41) is 14.8. The van der Waals surface area contributed by atoms with E-state index >= 15 is 0 Å². The maximum absolute atomic E-state index is 12.1. The number of nitrogens with one attached hydrogen (secondary N) is 2. The molecule has 0 saturated carbocycles. The fourth-order valence-corrected chi connectivity index (χ4v) is 2.69. The van der Waals surface area contributed by atoms with E-state index in [1.807, 2.05) is 30.3 Å². The lowest BCUT2D eigenvalue weighted by atomic mass is 10.2. The van der Waals surface area contributed by atoms with Crippen molar-refractivity contribution in [2.45, 2.75) is 6.54 Å². The third kappa shape index (κ3) is 4.92. The topological polar surface area (TPSA) is 66.9 Å².